The third-order valence-corrected chi connectivity index (χ3v) is 0. The van der Waals surface area contributed by atoms with Gasteiger partial charge < -0.3 is 9.59 Å². The van der Waals surface area contributed by atoms with Gasteiger partial charge in [-0.1, -0.05) is 12.2 Å². The third-order valence-electron chi connectivity index (χ3n) is 0. The molecule has 0 aliphatic heterocycles. The molecular weight excluding hydrogens is 248 g/mol. The molecule has 4 nitrogen and oxygen atoms in total. The average Bonchev–Trinajstić information content (AvgIpc) is 1.78. The van der Waals surface area contributed by atoms with Crippen LogP contribution in [0.2, 0.25) is 0 Å². The van der Waals surface area contributed by atoms with E-state index in [0.717, 1.165) is 23.7 Å². The first-order valence-electron chi connectivity index (χ1n) is 4.37. The van der Waals surface area contributed by atoms with Crippen LogP contribution in [0.5, 0.6) is 0 Å². The predicted molar refractivity (Wildman–Crippen MR) is 72.8 cm³/mol. The van der Waals surface area contributed by atoms with Crippen LogP contribution in [0.15, 0.2) is 0 Å². The smallest absolute Gasteiger partial charge is 0.144 e. The fraction of sp³-hybridized carbons (Fsp3) is 0.700. The van der Waals surface area contributed by atoms with Gasteiger partial charge in [0.25, 0.3) is 0 Å². The summed E-state index contributed by atoms with van der Waals surface area (Å²) in [6.45, 7) is 8.30. The maximum atomic E-state index is 9.63. The van der Waals surface area contributed by atoms with E-state index < -0.39 is 9.84 Å². The lowest BCUT2D eigenvalue weighted by Gasteiger charge is -1.69. The van der Waals surface area contributed by atoms with Crippen molar-refractivity contribution < 1.29 is 18.0 Å². The maximum absolute atomic E-state index is 9.63. The zero-order chi connectivity index (χ0) is 14.4. The van der Waals surface area contributed by atoms with Crippen molar-refractivity contribution in [2.24, 2.45) is 0 Å². The van der Waals surface area contributed by atoms with E-state index in [0.29, 0.717) is 0 Å². The van der Waals surface area contributed by atoms with Crippen LogP contribution in [0.1, 0.15) is 34.6 Å². The number of aldehydes is 1. The zero-order valence-electron chi connectivity index (χ0n) is 11.0. The lowest BCUT2D eigenvalue weighted by molar-refractivity contribution is -0.115. The van der Waals surface area contributed by atoms with E-state index in [1.54, 1.807) is 0 Å². The summed E-state index contributed by atoms with van der Waals surface area (Å²) in [7, 11) is -2.67. The van der Waals surface area contributed by atoms with Crippen LogP contribution < -0.4 is 0 Å². The van der Waals surface area contributed by atoms with Crippen molar-refractivity contribution in [3.63, 3.8) is 0 Å². The lowest BCUT2D eigenvalue weighted by atomic mass is 10.6. The molecular formula is C10H22O4S2. The molecule has 0 saturated carbocycles. The number of hydrogen-bond donors (Lipinski definition) is 0. The number of Topliss-reactive ketones (excluding diaryl/α,β-unsaturated/α-hetero) is 1. The van der Waals surface area contributed by atoms with Crippen molar-refractivity contribution in [2.45, 2.75) is 34.6 Å². The van der Waals surface area contributed by atoms with Crippen LogP contribution in [0.4, 0.5) is 0 Å². The molecule has 0 aliphatic rings. The van der Waals surface area contributed by atoms with Crippen molar-refractivity contribution in [1.29, 1.82) is 0 Å². The van der Waals surface area contributed by atoms with Gasteiger partial charge in [-0.15, -0.1) is 0 Å². The van der Waals surface area contributed by atoms with Crippen molar-refractivity contribution >= 4 is 39.0 Å². The highest BCUT2D eigenvalue weighted by atomic mass is 32.2. The minimum absolute atomic E-state index is 0.167. The Hall–Kier alpha value is -0.620. The molecule has 0 aromatic heterocycles. The highest BCUT2D eigenvalue weighted by molar-refractivity contribution is 7.89. The number of sulfone groups is 1. The zero-order valence-corrected chi connectivity index (χ0v) is 12.7. The van der Waals surface area contributed by atoms with Crippen LogP contribution in [0.3, 0.4) is 0 Å². The van der Waals surface area contributed by atoms with Crippen LogP contribution in [-0.4, -0.2) is 37.9 Å². The Kier molecular flexibility index (Phi) is 25.8. The molecule has 0 aromatic carbocycles. The summed E-state index contributed by atoms with van der Waals surface area (Å²) >= 11 is 4.54. The molecule has 0 spiro atoms. The third kappa shape index (κ3) is 5330. The first kappa shape index (κ1) is 24.6. The molecule has 6 heteroatoms. The van der Waals surface area contributed by atoms with Crippen LogP contribution in [0, 0.1) is 0 Å². The molecule has 0 N–H and O–H groups in total. The predicted octanol–water partition coefficient (Wildman–Crippen LogP) is 1.86. The summed E-state index contributed by atoms with van der Waals surface area (Å²) in [6.07, 6.45) is 3.07. The van der Waals surface area contributed by atoms with Gasteiger partial charge in [-0.25, -0.2) is 8.42 Å². The number of thiocarbonyl (C=S) groups is 1. The van der Waals surface area contributed by atoms with Gasteiger partial charge in [0.2, 0.25) is 0 Å². The number of ketones is 1. The van der Waals surface area contributed by atoms with Crippen molar-refractivity contribution in [3.8, 4) is 0 Å². The van der Waals surface area contributed by atoms with E-state index in [2.05, 4.69) is 12.2 Å². The van der Waals surface area contributed by atoms with E-state index in [1.807, 2.05) is 13.8 Å². The summed E-state index contributed by atoms with van der Waals surface area (Å²) in [5.41, 5.74) is 0. The van der Waals surface area contributed by atoms with E-state index in [1.165, 1.54) is 20.8 Å². The van der Waals surface area contributed by atoms with Crippen molar-refractivity contribution in [1.82, 2.24) is 0 Å². The highest BCUT2D eigenvalue weighted by Crippen LogP contribution is 1.62. The topological polar surface area (TPSA) is 68.3 Å². The van der Waals surface area contributed by atoms with Gasteiger partial charge in [-0.2, -0.15) is 0 Å². The van der Waals surface area contributed by atoms with Gasteiger partial charge in [0, 0.05) is 12.5 Å². The van der Waals surface area contributed by atoms with E-state index >= 15 is 0 Å². The second-order valence-corrected chi connectivity index (χ2v) is 6.30. The van der Waals surface area contributed by atoms with Crippen molar-refractivity contribution in [2.75, 3.05) is 12.5 Å². The number of hydrogen-bond acceptors (Lipinski definition) is 5. The van der Waals surface area contributed by atoms with Gasteiger partial charge in [-0.3, -0.25) is 0 Å². The summed E-state index contributed by atoms with van der Waals surface area (Å²) in [6, 6.07) is 0. The molecule has 0 rings (SSSR count). The van der Waals surface area contributed by atoms with Gasteiger partial charge in [0.1, 0.15) is 21.9 Å². The highest BCUT2D eigenvalue weighted by Gasteiger charge is 1.79. The molecule has 0 heterocycles. The minimum Gasteiger partial charge on any atom is -0.304 e. The van der Waals surface area contributed by atoms with Gasteiger partial charge in [-0.05, 0) is 39.5 Å². The molecule has 0 saturated heterocycles. The van der Waals surface area contributed by atoms with E-state index in [9.17, 15) is 13.2 Å². The Bertz CT molecular complexity index is 251. The Morgan fingerprint density at radius 1 is 1.06 bits per heavy atom. The number of carbonyl (C=O) groups is 2. The number of carbonyl (C=O) groups excluding carboxylic acids is 2. The average molecular weight is 270 g/mol. The minimum atomic E-state index is -2.67. The summed E-state index contributed by atoms with van der Waals surface area (Å²) in [5, 5.41) is 0. The Balaban J connectivity index is -0.0000000610. The van der Waals surface area contributed by atoms with Crippen molar-refractivity contribution in [3.05, 3.63) is 0 Å². The van der Waals surface area contributed by atoms with Gasteiger partial charge >= 0.3 is 0 Å². The molecule has 0 amide bonds. The molecule has 0 atom stereocenters. The quantitative estimate of drug-likeness (QED) is 0.496. The molecule has 0 aromatic rings. The van der Waals surface area contributed by atoms with E-state index in [-0.39, 0.29) is 5.78 Å². The molecule has 0 fully saturated rings. The molecule has 0 radical (unpaired) electrons. The van der Waals surface area contributed by atoms with Gasteiger partial charge in [0.15, 0.2) is 0 Å². The fourth-order valence-corrected chi connectivity index (χ4v) is 0. The van der Waals surface area contributed by atoms with Crippen LogP contribution in [-0.2, 0) is 19.4 Å². The fourth-order valence-electron chi connectivity index (χ4n) is 0. The first-order valence-corrected chi connectivity index (χ1v) is 7.08. The Morgan fingerprint density at radius 2 is 1.06 bits per heavy atom. The van der Waals surface area contributed by atoms with Crippen LogP contribution >= 0.6 is 12.2 Å². The van der Waals surface area contributed by atoms with Crippen LogP contribution in [0.25, 0.3) is 0 Å². The largest absolute Gasteiger partial charge is 0.304 e. The molecule has 0 aliphatic carbocycles. The normalized spacial score (nSPS) is 7.69. The lowest BCUT2D eigenvalue weighted by Crippen LogP contribution is -1.86. The summed E-state index contributed by atoms with van der Waals surface area (Å²) < 4.78 is 19.3. The monoisotopic (exact) mass is 270 g/mol. The Morgan fingerprint density at radius 3 is 1.06 bits per heavy atom. The molecule has 0 bridgehead atoms. The SMILES string of the molecule is CC(C)=O.CC(C)=S.CC=O.CS(C)(=O)=O. The Labute approximate surface area is 104 Å². The van der Waals surface area contributed by atoms with E-state index in [4.69, 9.17) is 4.79 Å². The summed E-state index contributed by atoms with van der Waals surface area (Å²) in [4.78, 5) is 19.2. The standard InChI is InChI=1S/C3H6O.C3H6S.C2H6O2S.C2H4O/c2*1-3(2)4;1-5(2,3)4;1-2-3/h2*1-2H3;1-2H3;2H,1H3. The molecule has 0 unspecified atom stereocenters. The molecule has 98 valence electrons. The first-order chi connectivity index (χ1) is 6.88. The summed E-state index contributed by atoms with van der Waals surface area (Å²) in [5.74, 6) is 0.167. The second kappa shape index (κ2) is 16.8. The number of rotatable bonds is 0. The van der Waals surface area contributed by atoms with Gasteiger partial charge in [0.05, 0.1) is 0 Å². The second-order valence-electron chi connectivity index (χ2n) is 3.20. The molecule has 16 heavy (non-hydrogen) atoms. The maximum Gasteiger partial charge on any atom is 0.144 e.